The minimum atomic E-state index is -1.60. The zero-order valence-corrected chi connectivity index (χ0v) is 17.7. The number of hydrogen-bond acceptors (Lipinski definition) is 11. The van der Waals surface area contributed by atoms with Gasteiger partial charge < -0.3 is 46.4 Å². The molecule has 1 aliphatic rings. The third-order valence-electron chi connectivity index (χ3n) is 5.10. The highest BCUT2D eigenvalue weighted by molar-refractivity contribution is 5.96. The lowest BCUT2D eigenvalue weighted by molar-refractivity contribution is -0.309. The monoisotopic (exact) mass is 471 g/mol. The fraction of sp³-hybridized carbons (Fsp3) is 0.300. The van der Waals surface area contributed by atoms with Gasteiger partial charge in [-0.3, -0.25) is 19.4 Å². The van der Waals surface area contributed by atoms with Crippen molar-refractivity contribution in [1.82, 2.24) is 15.3 Å². The molecule has 6 N–H and O–H groups in total. The first kappa shape index (κ1) is 24.0. The van der Waals surface area contributed by atoms with E-state index in [1.807, 2.05) is 0 Å². The van der Waals surface area contributed by atoms with Gasteiger partial charge in [0.1, 0.15) is 0 Å². The average Bonchev–Trinajstić information content (AvgIpc) is 2.79. The summed E-state index contributed by atoms with van der Waals surface area (Å²) in [6.07, 6.45) is -0.386. The fourth-order valence-corrected chi connectivity index (χ4v) is 3.38. The van der Waals surface area contributed by atoms with Gasteiger partial charge in [0.2, 0.25) is 12.4 Å². The second kappa shape index (κ2) is 10.3. The van der Waals surface area contributed by atoms with Gasteiger partial charge in [0.25, 0.3) is 11.5 Å². The summed E-state index contributed by atoms with van der Waals surface area (Å²) in [7, 11) is 0. The van der Waals surface area contributed by atoms with Crippen molar-refractivity contribution < 1.29 is 29.4 Å². The summed E-state index contributed by atoms with van der Waals surface area (Å²) in [4.78, 5) is 65.4. The molecule has 0 spiro atoms. The Morgan fingerprint density at radius 3 is 2.59 bits per heavy atom. The third kappa shape index (κ3) is 5.59. The molecule has 0 bridgehead atoms. The highest BCUT2D eigenvalue weighted by Gasteiger charge is 2.29. The number of nitrogens with zero attached hydrogens (tertiary/aromatic N) is 2. The normalized spacial score (nSPS) is 15.4. The molecule has 0 radical (unpaired) electrons. The summed E-state index contributed by atoms with van der Waals surface area (Å²) in [5.74, 6) is -3.63. The number of nitrogens with two attached hydrogens (primary N) is 1. The molecule has 2 atom stereocenters. The van der Waals surface area contributed by atoms with Gasteiger partial charge in [0.15, 0.2) is 11.5 Å². The van der Waals surface area contributed by atoms with E-state index in [4.69, 9.17) is 5.73 Å². The average molecular weight is 471 g/mol. The van der Waals surface area contributed by atoms with Crippen molar-refractivity contribution in [3.05, 3.63) is 40.2 Å². The predicted molar refractivity (Wildman–Crippen MR) is 116 cm³/mol. The van der Waals surface area contributed by atoms with Crippen LogP contribution in [0.25, 0.3) is 0 Å². The number of anilines is 4. The van der Waals surface area contributed by atoms with Crippen LogP contribution >= 0.6 is 0 Å². The lowest BCUT2D eigenvalue weighted by Crippen LogP contribution is -2.50. The molecule has 0 saturated heterocycles. The van der Waals surface area contributed by atoms with Crippen LogP contribution in [-0.4, -0.2) is 59.4 Å². The maximum absolute atomic E-state index is 12.3. The Kier molecular flexibility index (Phi) is 7.30. The first-order chi connectivity index (χ1) is 16.2. The van der Waals surface area contributed by atoms with Crippen molar-refractivity contribution in [2.75, 3.05) is 34.4 Å². The molecule has 1 aromatic heterocycles. The second-order valence-corrected chi connectivity index (χ2v) is 7.41. The van der Waals surface area contributed by atoms with Crippen molar-refractivity contribution in [3.8, 4) is 0 Å². The molecule has 0 aliphatic carbocycles. The number of carbonyl (C=O) groups excluding carboxylic acids is 4. The molecule has 2 unspecified atom stereocenters. The molecule has 180 valence electrons. The number of aromatic nitrogens is 2. The number of aliphatic carboxylic acids is 2. The zero-order valence-electron chi connectivity index (χ0n) is 17.7. The minimum absolute atomic E-state index is 0.0513. The van der Waals surface area contributed by atoms with Crippen LogP contribution in [0.2, 0.25) is 0 Å². The molecular weight excluding hydrogens is 450 g/mol. The first-order valence-electron chi connectivity index (χ1n) is 10.1. The molecule has 34 heavy (non-hydrogen) atoms. The van der Waals surface area contributed by atoms with Gasteiger partial charge in [-0.15, -0.1) is 0 Å². The van der Waals surface area contributed by atoms with Gasteiger partial charge in [0.05, 0.1) is 18.1 Å². The number of nitrogen functional groups attached to an aromatic ring is 1. The molecule has 2 amide bonds. The number of carboxylic acids is 2. The molecule has 14 heteroatoms. The Labute approximate surface area is 192 Å². The van der Waals surface area contributed by atoms with Crippen molar-refractivity contribution in [1.29, 1.82) is 0 Å². The highest BCUT2D eigenvalue weighted by atomic mass is 16.4. The van der Waals surface area contributed by atoms with Crippen LogP contribution in [0.5, 0.6) is 0 Å². The fourth-order valence-electron chi connectivity index (χ4n) is 3.38. The van der Waals surface area contributed by atoms with E-state index in [0.29, 0.717) is 18.6 Å². The van der Waals surface area contributed by atoms with Crippen LogP contribution in [-0.2, 0) is 14.4 Å². The van der Waals surface area contributed by atoms with Crippen LogP contribution in [0, 0.1) is 0 Å². The number of aromatic amines is 1. The van der Waals surface area contributed by atoms with Gasteiger partial charge in [-0.05, 0) is 37.1 Å². The quantitative estimate of drug-likeness (QED) is 0.215. The summed E-state index contributed by atoms with van der Waals surface area (Å²) >= 11 is 0. The highest BCUT2D eigenvalue weighted by Crippen LogP contribution is 2.25. The van der Waals surface area contributed by atoms with E-state index in [-0.39, 0.29) is 36.0 Å². The van der Waals surface area contributed by atoms with Gasteiger partial charge in [-0.25, -0.2) is 0 Å². The molecule has 1 aromatic carbocycles. The summed E-state index contributed by atoms with van der Waals surface area (Å²) < 4.78 is 0. The lowest BCUT2D eigenvalue weighted by atomic mass is 10.1. The van der Waals surface area contributed by atoms with Crippen molar-refractivity contribution >= 4 is 47.4 Å². The largest absolute Gasteiger partial charge is 0.550 e. The number of fused-ring (bicyclic) bond motifs is 1. The number of nitrogens with one attached hydrogen (secondary N) is 4. The van der Waals surface area contributed by atoms with Gasteiger partial charge >= 0.3 is 0 Å². The maximum Gasteiger partial charge on any atom is 0.278 e. The van der Waals surface area contributed by atoms with Gasteiger partial charge in [-0.1, -0.05) is 0 Å². The van der Waals surface area contributed by atoms with Crippen LogP contribution in [0.4, 0.5) is 23.1 Å². The van der Waals surface area contributed by atoms with Gasteiger partial charge in [-0.2, -0.15) is 4.98 Å². The van der Waals surface area contributed by atoms with Crippen LogP contribution in [0.1, 0.15) is 23.2 Å². The molecule has 2 aromatic rings. The Morgan fingerprint density at radius 2 is 1.97 bits per heavy atom. The van der Waals surface area contributed by atoms with Crippen molar-refractivity contribution in [2.45, 2.75) is 24.9 Å². The smallest absolute Gasteiger partial charge is 0.278 e. The Bertz CT molecular complexity index is 1150. The van der Waals surface area contributed by atoms with Crippen molar-refractivity contribution in [3.63, 3.8) is 0 Å². The maximum atomic E-state index is 12.3. The van der Waals surface area contributed by atoms with E-state index in [1.165, 1.54) is 17.0 Å². The number of benzene rings is 1. The molecule has 2 heterocycles. The number of carbonyl (C=O) groups is 4. The SMILES string of the molecule is Nc1nc2c(c(=O)[nH]1)N(C=O)C(CNc1ccc(C(=O)NC(CCC(=O)[O-])C(=O)[O-])cc1)CN2. The van der Waals surface area contributed by atoms with E-state index in [9.17, 15) is 34.2 Å². The molecule has 0 saturated carbocycles. The van der Waals surface area contributed by atoms with Crippen LogP contribution < -0.4 is 42.4 Å². The van der Waals surface area contributed by atoms with E-state index >= 15 is 0 Å². The van der Waals surface area contributed by atoms with E-state index in [2.05, 4.69) is 25.9 Å². The summed E-state index contributed by atoms with van der Waals surface area (Å²) in [5, 5.41) is 29.9. The topological polar surface area (TPSA) is 225 Å². The Balaban J connectivity index is 1.62. The number of H-pyrrole nitrogens is 1. The molecule has 0 fully saturated rings. The number of hydrogen-bond donors (Lipinski definition) is 5. The van der Waals surface area contributed by atoms with E-state index < -0.39 is 41.9 Å². The summed E-state index contributed by atoms with van der Waals surface area (Å²) in [6.45, 7) is 0.544. The molecule has 1 aliphatic heterocycles. The Morgan fingerprint density at radius 1 is 1.26 bits per heavy atom. The predicted octanol–water partition coefficient (Wildman–Crippen LogP) is -3.40. The van der Waals surface area contributed by atoms with E-state index in [0.717, 1.165) is 0 Å². The molecular formula is C20H21N7O7-2. The zero-order chi connectivity index (χ0) is 24.8. The minimum Gasteiger partial charge on any atom is -0.550 e. The Hall–Kier alpha value is -4.62. The van der Waals surface area contributed by atoms with Gasteiger partial charge in [0, 0.05) is 30.3 Å². The standard InChI is InChI=1S/C20H23N7O7/c21-20-25-16-15(18(32)26-20)27(9-28)12(8-23-16)7-22-11-3-1-10(2-4-11)17(31)24-13(19(33)34)5-6-14(29)30/h1-4,9,12-13,22H,5-8H2,(H,24,31)(H,29,30)(H,33,34)(H4,21,23,25,26,32)/p-2. The first-order valence-corrected chi connectivity index (χ1v) is 10.1. The number of carboxylic acid groups (broad SMARTS) is 2. The van der Waals surface area contributed by atoms with E-state index in [1.54, 1.807) is 12.1 Å². The van der Waals surface area contributed by atoms with Crippen LogP contribution in [0.3, 0.4) is 0 Å². The number of amides is 2. The van der Waals surface area contributed by atoms with Crippen molar-refractivity contribution in [2.24, 2.45) is 0 Å². The second-order valence-electron chi connectivity index (χ2n) is 7.41. The van der Waals surface area contributed by atoms with Crippen LogP contribution in [0.15, 0.2) is 29.1 Å². The summed E-state index contributed by atoms with van der Waals surface area (Å²) in [6, 6.07) is 4.08. The lowest BCUT2D eigenvalue weighted by Gasteiger charge is -2.34. The summed E-state index contributed by atoms with van der Waals surface area (Å²) in [5.41, 5.74) is 5.75. The number of rotatable bonds is 10. The molecule has 3 rings (SSSR count). The molecule has 14 nitrogen and oxygen atoms in total. The third-order valence-corrected chi connectivity index (χ3v) is 5.10.